The van der Waals surface area contributed by atoms with Crippen LogP contribution in [-0.4, -0.2) is 11.1 Å². The molecule has 0 aliphatic rings. The van der Waals surface area contributed by atoms with E-state index in [4.69, 9.17) is 51.5 Å². The minimum Gasteiger partial charge on any atom is -0.478 e. The second kappa shape index (κ2) is 5.11. The Bertz CT molecular complexity index is 433. The standard InChI is InChI=1S/C8H3BrCl4O2/c9-1-2-3(8(14)15)5(11)7(13)6(12)4(2)10/h1H2,(H,14,15). The van der Waals surface area contributed by atoms with Crippen LogP contribution in [0, 0.1) is 0 Å². The zero-order chi connectivity index (χ0) is 11.7. The summed E-state index contributed by atoms with van der Waals surface area (Å²) in [6.45, 7) is 0. The van der Waals surface area contributed by atoms with Gasteiger partial charge >= 0.3 is 5.97 Å². The molecule has 0 atom stereocenters. The van der Waals surface area contributed by atoms with E-state index in [-0.39, 0.29) is 31.0 Å². The predicted molar refractivity (Wildman–Crippen MR) is 66.1 cm³/mol. The van der Waals surface area contributed by atoms with Crippen molar-refractivity contribution in [2.45, 2.75) is 5.33 Å². The molecule has 0 saturated carbocycles. The van der Waals surface area contributed by atoms with Crippen molar-refractivity contribution in [2.75, 3.05) is 0 Å². The molecule has 0 aromatic heterocycles. The first-order valence-electron chi connectivity index (χ1n) is 3.55. The van der Waals surface area contributed by atoms with Crippen LogP contribution in [0.5, 0.6) is 0 Å². The van der Waals surface area contributed by atoms with E-state index < -0.39 is 5.97 Å². The van der Waals surface area contributed by atoms with Crippen LogP contribution in [0.15, 0.2) is 0 Å². The lowest BCUT2D eigenvalue weighted by Gasteiger charge is -2.11. The number of rotatable bonds is 2. The van der Waals surface area contributed by atoms with Gasteiger partial charge in [0.05, 0.1) is 25.7 Å². The Morgan fingerprint density at radius 2 is 1.53 bits per heavy atom. The highest BCUT2D eigenvalue weighted by Gasteiger charge is 2.23. The number of halogens is 5. The van der Waals surface area contributed by atoms with Gasteiger partial charge in [-0.25, -0.2) is 4.79 Å². The first-order chi connectivity index (χ1) is 6.91. The summed E-state index contributed by atoms with van der Waals surface area (Å²) < 4.78 is 0. The first kappa shape index (κ1) is 13.4. The van der Waals surface area contributed by atoms with Crippen LogP contribution < -0.4 is 0 Å². The number of benzene rings is 1. The summed E-state index contributed by atoms with van der Waals surface area (Å²) in [5.41, 5.74) is 0.177. The average molecular weight is 353 g/mol. The molecule has 1 aromatic rings. The van der Waals surface area contributed by atoms with Crippen molar-refractivity contribution in [3.63, 3.8) is 0 Å². The third-order valence-electron chi connectivity index (χ3n) is 1.71. The van der Waals surface area contributed by atoms with E-state index in [1.54, 1.807) is 0 Å². The molecule has 0 aliphatic carbocycles. The molecule has 0 bridgehead atoms. The van der Waals surface area contributed by atoms with E-state index >= 15 is 0 Å². The second-order valence-corrected chi connectivity index (χ2v) is 4.62. The normalized spacial score (nSPS) is 10.5. The van der Waals surface area contributed by atoms with Crippen molar-refractivity contribution in [1.29, 1.82) is 0 Å². The molecular weight excluding hydrogens is 350 g/mol. The summed E-state index contributed by atoms with van der Waals surface area (Å²) in [7, 11) is 0. The van der Waals surface area contributed by atoms with Crippen LogP contribution in [0.4, 0.5) is 0 Å². The summed E-state index contributed by atoms with van der Waals surface area (Å²) in [6, 6.07) is 0. The minimum atomic E-state index is -1.20. The second-order valence-electron chi connectivity index (χ2n) is 2.55. The molecule has 0 unspecified atom stereocenters. The van der Waals surface area contributed by atoms with Crippen LogP contribution in [0.1, 0.15) is 15.9 Å². The lowest BCUT2D eigenvalue weighted by molar-refractivity contribution is 0.0696. The van der Waals surface area contributed by atoms with Crippen molar-refractivity contribution in [2.24, 2.45) is 0 Å². The quantitative estimate of drug-likeness (QED) is 0.467. The van der Waals surface area contributed by atoms with Crippen LogP contribution >= 0.6 is 62.3 Å². The first-order valence-corrected chi connectivity index (χ1v) is 6.19. The third kappa shape index (κ3) is 2.37. The molecule has 0 amide bonds. The highest BCUT2D eigenvalue weighted by atomic mass is 79.9. The van der Waals surface area contributed by atoms with Crippen molar-refractivity contribution < 1.29 is 9.90 Å². The van der Waals surface area contributed by atoms with Gasteiger partial charge in [0.2, 0.25) is 0 Å². The highest BCUT2D eigenvalue weighted by molar-refractivity contribution is 9.08. The molecule has 1 aromatic carbocycles. The lowest BCUT2D eigenvalue weighted by Crippen LogP contribution is -2.04. The Kier molecular flexibility index (Phi) is 4.56. The zero-order valence-corrected chi connectivity index (χ0v) is 11.6. The van der Waals surface area contributed by atoms with E-state index in [0.29, 0.717) is 5.56 Å². The molecule has 1 N–H and O–H groups in total. The van der Waals surface area contributed by atoms with Crippen LogP contribution in [-0.2, 0) is 5.33 Å². The zero-order valence-electron chi connectivity index (χ0n) is 6.95. The molecule has 0 fully saturated rings. The van der Waals surface area contributed by atoms with Gasteiger partial charge in [0, 0.05) is 5.33 Å². The fourth-order valence-corrected chi connectivity index (χ4v) is 2.79. The van der Waals surface area contributed by atoms with Gasteiger partial charge in [0.15, 0.2) is 0 Å². The fraction of sp³-hybridized carbons (Fsp3) is 0.125. The van der Waals surface area contributed by atoms with Crippen molar-refractivity contribution >= 4 is 68.3 Å². The Morgan fingerprint density at radius 1 is 1.07 bits per heavy atom. The summed E-state index contributed by atoms with van der Waals surface area (Å²) in [5.74, 6) is -1.20. The summed E-state index contributed by atoms with van der Waals surface area (Å²) >= 11 is 26.3. The number of aromatic carboxylic acids is 1. The SMILES string of the molecule is O=C(O)c1c(Cl)c(Cl)c(Cl)c(Cl)c1CBr. The molecule has 0 saturated heterocycles. The fourth-order valence-electron chi connectivity index (χ4n) is 1.03. The van der Waals surface area contributed by atoms with Crippen LogP contribution in [0.3, 0.4) is 0 Å². The Morgan fingerprint density at radius 3 is 1.93 bits per heavy atom. The molecule has 0 aliphatic heterocycles. The van der Waals surface area contributed by atoms with E-state index in [9.17, 15) is 4.79 Å². The summed E-state index contributed by atoms with van der Waals surface area (Å²) in [5, 5.41) is 9.18. The Hall–Kier alpha value is 0.330. The van der Waals surface area contributed by atoms with Gasteiger partial charge < -0.3 is 5.11 Å². The van der Waals surface area contributed by atoms with Crippen molar-refractivity contribution in [1.82, 2.24) is 0 Å². The largest absolute Gasteiger partial charge is 0.478 e. The van der Waals surface area contributed by atoms with Crippen LogP contribution in [0.25, 0.3) is 0 Å². The number of carbonyl (C=O) groups is 1. The third-order valence-corrected chi connectivity index (χ3v) is 4.11. The molecule has 15 heavy (non-hydrogen) atoms. The van der Waals surface area contributed by atoms with Crippen molar-refractivity contribution in [3.05, 3.63) is 31.2 Å². The van der Waals surface area contributed by atoms with Gasteiger partial charge in [-0.2, -0.15) is 0 Å². The van der Waals surface area contributed by atoms with E-state index in [1.807, 2.05) is 0 Å². The van der Waals surface area contributed by atoms with Crippen molar-refractivity contribution in [3.8, 4) is 0 Å². The molecule has 82 valence electrons. The average Bonchev–Trinajstić information content (AvgIpc) is 2.19. The number of hydrogen-bond donors (Lipinski definition) is 1. The molecule has 7 heteroatoms. The van der Waals surface area contributed by atoms with Gasteiger partial charge in [0.1, 0.15) is 0 Å². The van der Waals surface area contributed by atoms with Gasteiger partial charge in [-0.15, -0.1) is 0 Å². The lowest BCUT2D eigenvalue weighted by atomic mass is 10.1. The van der Waals surface area contributed by atoms with E-state index in [0.717, 1.165) is 0 Å². The van der Waals surface area contributed by atoms with E-state index in [1.165, 1.54) is 0 Å². The smallest absolute Gasteiger partial charge is 0.337 e. The topological polar surface area (TPSA) is 37.3 Å². The maximum Gasteiger partial charge on any atom is 0.337 e. The number of carboxylic acids is 1. The molecule has 1 rings (SSSR count). The Balaban J connectivity index is 3.70. The maximum atomic E-state index is 11.0. The summed E-state index contributed by atoms with van der Waals surface area (Å²) in [4.78, 5) is 11.0. The van der Waals surface area contributed by atoms with E-state index in [2.05, 4.69) is 15.9 Å². The Labute approximate surface area is 114 Å². The van der Waals surface area contributed by atoms with Gasteiger partial charge in [-0.05, 0) is 5.56 Å². The predicted octanol–water partition coefficient (Wildman–Crippen LogP) is 4.89. The van der Waals surface area contributed by atoms with Crippen LogP contribution in [0.2, 0.25) is 20.1 Å². The van der Waals surface area contributed by atoms with Gasteiger partial charge in [-0.3, -0.25) is 0 Å². The number of alkyl halides is 1. The molecule has 0 radical (unpaired) electrons. The number of carboxylic acid groups (broad SMARTS) is 1. The summed E-state index contributed by atoms with van der Waals surface area (Å²) in [6.07, 6.45) is 0. The van der Waals surface area contributed by atoms with Gasteiger partial charge in [0.25, 0.3) is 0 Å². The monoisotopic (exact) mass is 350 g/mol. The van der Waals surface area contributed by atoms with Gasteiger partial charge in [-0.1, -0.05) is 62.3 Å². The minimum absolute atomic E-state index is 0.0505. The highest BCUT2D eigenvalue weighted by Crippen LogP contribution is 2.42. The maximum absolute atomic E-state index is 11.0. The number of hydrogen-bond acceptors (Lipinski definition) is 1. The molecular formula is C8H3BrCl4O2. The molecule has 0 spiro atoms. The molecule has 0 heterocycles. The molecule has 2 nitrogen and oxygen atoms in total.